The number of nitrogens with zero attached hydrogens (tertiary/aromatic N) is 2. The smallest absolute Gasteiger partial charge is 0.259 e. The minimum absolute atomic E-state index is 0.000498. The Bertz CT molecular complexity index is 1260. The molecule has 1 amide bonds. The van der Waals surface area contributed by atoms with Crippen molar-refractivity contribution in [1.82, 2.24) is 20.3 Å². The van der Waals surface area contributed by atoms with Crippen LogP contribution in [0.2, 0.25) is 0 Å². The van der Waals surface area contributed by atoms with E-state index in [1.165, 1.54) is 27.8 Å². The van der Waals surface area contributed by atoms with Crippen LogP contribution in [0.3, 0.4) is 0 Å². The normalized spacial score (nSPS) is 12.5. The van der Waals surface area contributed by atoms with Crippen molar-refractivity contribution in [1.29, 1.82) is 0 Å². The van der Waals surface area contributed by atoms with Gasteiger partial charge in [-0.05, 0) is 44.9 Å². The first-order valence-electron chi connectivity index (χ1n) is 10.1. The van der Waals surface area contributed by atoms with Gasteiger partial charge < -0.3 is 10.3 Å². The summed E-state index contributed by atoms with van der Waals surface area (Å²) >= 11 is 4.72. The Morgan fingerprint density at radius 1 is 1.23 bits per heavy atom. The highest BCUT2D eigenvalue weighted by Gasteiger charge is 2.16. The van der Waals surface area contributed by atoms with Gasteiger partial charge in [-0.2, -0.15) is 0 Å². The number of nitrogens with one attached hydrogen (secondary N) is 2. The summed E-state index contributed by atoms with van der Waals surface area (Å²) in [5.41, 5.74) is 1.93. The second-order valence-corrected chi connectivity index (χ2v) is 11.0. The van der Waals surface area contributed by atoms with Gasteiger partial charge in [-0.25, -0.2) is 9.97 Å². The lowest BCUT2D eigenvalue weighted by Gasteiger charge is -2.11. The van der Waals surface area contributed by atoms with Gasteiger partial charge in [0.25, 0.3) is 5.56 Å². The zero-order chi connectivity index (χ0) is 22.0. The summed E-state index contributed by atoms with van der Waals surface area (Å²) in [6.45, 7) is 6.44. The number of rotatable bonds is 8. The molecule has 3 aromatic heterocycles. The number of benzene rings is 1. The summed E-state index contributed by atoms with van der Waals surface area (Å²) in [7, 11) is 0. The quantitative estimate of drug-likeness (QED) is 0.367. The molecule has 0 aliphatic carbocycles. The summed E-state index contributed by atoms with van der Waals surface area (Å²) < 4.78 is 1.20. The van der Waals surface area contributed by atoms with E-state index < -0.39 is 0 Å². The van der Waals surface area contributed by atoms with Gasteiger partial charge in [0.05, 0.1) is 31.6 Å². The first-order chi connectivity index (χ1) is 14.9. The van der Waals surface area contributed by atoms with Crippen molar-refractivity contribution in [2.45, 2.75) is 44.6 Å². The van der Waals surface area contributed by atoms with Crippen LogP contribution in [-0.2, 0) is 17.0 Å². The molecule has 2 N–H and O–H groups in total. The third kappa shape index (κ3) is 4.99. The topological polar surface area (TPSA) is 87.7 Å². The molecule has 0 bridgehead atoms. The Hall–Kier alpha value is -2.23. The number of thioether (sulfide) groups is 1. The molecule has 31 heavy (non-hydrogen) atoms. The number of fused-ring (bicyclic) bond motifs is 2. The summed E-state index contributed by atoms with van der Waals surface area (Å²) in [5, 5.41) is 4.55. The van der Waals surface area contributed by atoms with Crippen LogP contribution in [0, 0.1) is 13.8 Å². The van der Waals surface area contributed by atoms with E-state index in [-0.39, 0.29) is 16.7 Å². The maximum atomic E-state index is 12.4. The van der Waals surface area contributed by atoms with Crippen molar-refractivity contribution < 1.29 is 4.79 Å². The van der Waals surface area contributed by atoms with Gasteiger partial charge >= 0.3 is 0 Å². The first kappa shape index (κ1) is 22.0. The number of H-pyrrole nitrogens is 1. The standard InChI is InChI=1S/C22H24N4O2S3/c1-12-13(2)30-22-19(12)21(28)25-17(26-22)11-29-14(3)20(27)23-10-6-9-18-24-15-7-4-5-8-16(15)31-18/h4-5,7-8,14H,6,9-11H2,1-3H3,(H,23,27)(H,25,26,28). The SMILES string of the molecule is Cc1sc2nc(CSC(C)C(=O)NCCCc3nc4ccccc4s3)[nH]c(=O)c2c1C. The van der Waals surface area contributed by atoms with Gasteiger partial charge in [0.2, 0.25) is 5.91 Å². The van der Waals surface area contributed by atoms with E-state index in [2.05, 4.69) is 26.3 Å². The van der Waals surface area contributed by atoms with Crippen LogP contribution in [0.5, 0.6) is 0 Å². The van der Waals surface area contributed by atoms with E-state index in [1.54, 1.807) is 11.3 Å². The highest BCUT2D eigenvalue weighted by molar-refractivity contribution is 7.99. The molecule has 3 heterocycles. The van der Waals surface area contributed by atoms with Crippen LogP contribution in [0.25, 0.3) is 20.4 Å². The Kier molecular flexibility index (Phi) is 6.74. The highest BCUT2D eigenvalue weighted by atomic mass is 32.2. The summed E-state index contributed by atoms with van der Waals surface area (Å²) in [6.07, 6.45) is 1.71. The monoisotopic (exact) mass is 472 g/mol. The van der Waals surface area contributed by atoms with Crippen molar-refractivity contribution in [3.63, 3.8) is 0 Å². The molecule has 1 atom stereocenters. The van der Waals surface area contributed by atoms with Gasteiger partial charge in [0.1, 0.15) is 10.7 Å². The molecule has 1 aromatic carbocycles. The Labute approximate surface area is 192 Å². The Morgan fingerprint density at radius 2 is 2.03 bits per heavy atom. The molecular weight excluding hydrogens is 448 g/mol. The number of thiazole rings is 1. The lowest BCUT2D eigenvalue weighted by Crippen LogP contribution is -2.32. The van der Waals surface area contributed by atoms with Crippen molar-refractivity contribution >= 4 is 60.8 Å². The zero-order valence-electron chi connectivity index (χ0n) is 17.7. The van der Waals surface area contributed by atoms with Gasteiger partial charge in [0, 0.05) is 17.8 Å². The number of amides is 1. The van der Waals surface area contributed by atoms with Crippen molar-refractivity contribution in [3.05, 3.63) is 55.9 Å². The molecule has 0 saturated carbocycles. The van der Waals surface area contributed by atoms with Crippen LogP contribution in [0.4, 0.5) is 0 Å². The number of aryl methyl sites for hydroxylation is 3. The molecule has 0 aliphatic heterocycles. The second-order valence-electron chi connectivity index (χ2n) is 7.40. The van der Waals surface area contributed by atoms with E-state index in [4.69, 9.17) is 0 Å². The summed E-state index contributed by atoms with van der Waals surface area (Å²) in [5.74, 6) is 1.10. The van der Waals surface area contributed by atoms with Crippen LogP contribution in [-0.4, -0.2) is 32.7 Å². The van der Waals surface area contributed by atoms with Crippen LogP contribution in [0.1, 0.15) is 34.6 Å². The summed E-state index contributed by atoms with van der Waals surface area (Å²) in [4.78, 5) is 38.7. The van der Waals surface area contributed by atoms with Crippen LogP contribution >= 0.6 is 34.4 Å². The lowest BCUT2D eigenvalue weighted by atomic mass is 10.2. The molecule has 1 unspecified atom stereocenters. The Balaban J connectivity index is 1.25. The fourth-order valence-electron chi connectivity index (χ4n) is 3.27. The van der Waals surface area contributed by atoms with E-state index in [0.717, 1.165) is 38.6 Å². The minimum atomic E-state index is -0.227. The minimum Gasteiger partial charge on any atom is -0.355 e. The zero-order valence-corrected chi connectivity index (χ0v) is 20.1. The molecule has 0 fully saturated rings. The Morgan fingerprint density at radius 3 is 2.84 bits per heavy atom. The molecule has 4 aromatic rings. The largest absolute Gasteiger partial charge is 0.355 e. The fourth-order valence-corrected chi connectivity index (χ4v) is 6.11. The molecule has 162 valence electrons. The number of hydrogen-bond acceptors (Lipinski definition) is 7. The summed E-state index contributed by atoms with van der Waals surface area (Å²) in [6, 6.07) is 8.13. The van der Waals surface area contributed by atoms with Crippen LogP contribution < -0.4 is 10.9 Å². The van der Waals surface area contributed by atoms with Gasteiger partial charge in [0.15, 0.2) is 0 Å². The lowest BCUT2D eigenvalue weighted by molar-refractivity contribution is -0.120. The van der Waals surface area contributed by atoms with Crippen molar-refractivity contribution in [3.8, 4) is 0 Å². The van der Waals surface area contributed by atoms with Crippen molar-refractivity contribution in [2.75, 3.05) is 6.54 Å². The number of para-hydroxylation sites is 1. The molecule has 6 nitrogen and oxygen atoms in total. The van der Waals surface area contributed by atoms with Gasteiger partial charge in [-0.1, -0.05) is 12.1 Å². The molecule has 9 heteroatoms. The van der Waals surface area contributed by atoms with Gasteiger partial charge in [-0.3, -0.25) is 9.59 Å². The predicted molar refractivity (Wildman–Crippen MR) is 131 cm³/mol. The first-order valence-corrected chi connectivity index (χ1v) is 12.8. The van der Waals surface area contributed by atoms with E-state index in [9.17, 15) is 9.59 Å². The fraction of sp³-hybridized carbons (Fsp3) is 0.364. The molecule has 4 rings (SSSR count). The third-order valence-electron chi connectivity index (χ3n) is 5.13. The average Bonchev–Trinajstić information content (AvgIpc) is 3.29. The van der Waals surface area contributed by atoms with E-state index >= 15 is 0 Å². The van der Waals surface area contributed by atoms with Crippen LogP contribution in [0.15, 0.2) is 29.1 Å². The third-order valence-corrected chi connectivity index (χ3v) is 8.48. The number of thiophene rings is 1. The molecule has 0 saturated heterocycles. The second kappa shape index (κ2) is 9.50. The highest BCUT2D eigenvalue weighted by Crippen LogP contribution is 2.26. The van der Waals surface area contributed by atoms with Gasteiger partial charge in [-0.15, -0.1) is 34.4 Å². The number of carbonyl (C=O) groups excluding carboxylic acids is 1. The molecular formula is C22H24N4O2S3. The molecule has 0 radical (unpaired) electrons. The number of carbonyl (C=O) groups is 1. The molecule has 0 spiro atoms. The maximum absolute atomic E-state index is 12.4. The number of hydrogen-bond donors (Lipinski definition) is 2. The van der Waals surface area contributed by atoms with E-state index in [1.807, 2.05) is 39.0 Å². The van der Waals surface area contributed by atoms with E-state index in [0.29, 0.717) is 23.5 Å². The maximum Gasteiger partial charge on any atom is 0.259 e. The number of aromatic nitrogens is 3. The van der Waals surface area contributed by atoms with Crippen molar-refractivity contribution in [2.24, 2.45) is 0 Å². The number of aromatic amines is 1. The average molecular weight is 473 g/mol. The molecule has 0 aliphatic rings. The predicted octanol–water partition coefficient (Wildman–Crippen LogP) is 4.58.